The Labute approximate surface area is 179 Å². The molecule has 3 rings (SSSR count). The van der Waals surface area contributed by atoms with Crippen LogP contribution in [0.3, 0.4) is 0 Å². The third-order valence-electron chi connectivity index (χ3n) is 4.89. The quantitative estimate of drug-likeness (QED) is 0.429. The monoisotopic (exact) mass is 438 g/mol. The molecule has 0 saturated heterocycles. The van der Waals surface area contributed by atoms with E-state index < -0.39 is 0 Å². The molecule has 1 aromatic carbocycles. The van der Waals surface area contributed by atoms with Gasteiger partial charge in [0.1, 0.15) is 5.82 Å². The molecule has 1 saturated carbocycles. The molecule has 1 amide bonds. The van der Waals surface area contributed by atoms with E-state index in [4.69, 9.17) is 23.2 Å². The molecule has 28 heavy (non-hydrogen) atoms. The number of rotatable bonds is 7. The highest BCUT2D eigenvalue weighted by Gasteiger charge is 2.25. The van der Waals surface area contributed by atoms with E-state index in [2.05, 4.69) is 26.7 Å². The van der Waals surface area contributed by atoms with Gasteiger partial charge in [0.15, 0.2) is 5.16 Å². The number of hydrogen-bond acceptors (Lipinski definition) is 4. The fourth-order valence-electron chi connectivity index (χ4n) is 3.40. The van der Waals surface area contributed by atoms with Gasteiger partial charge in [-0.05, 0) is 31.9 Å². The first-order chi connectivity index (χ1) is 13.5. The van der Waals surface area contributed by atoms with E-state index in [1.54, 1.807) is 18.2 Å². The Morgan fingerprint density at radius 3 is 2.82 bits per heavy atom. The zero-order valence-corrected chi connectivity index (χ0v) is 18.2. The molecule has 0 bridgehead atoms. The maximum Gasteiger partial charge on any atom is 0.237 e. The van der Waals surface area contributed by atoms with Crippen molar-refractivity contribution in [1.82, 2.24) is 14.8 Å². The molecule has 1 aromatic heterocycles. The summed E-state index contributed by atoms with van der Waals surface area (Å²) in [6.45, 7) is 6.33. The van der Waals surface area contributed by atoms with E-state index in [9.17, 15) is 4.79 Å². The summed E-state index contributed by atoms with van der Waals surface area (Å²) in [5.41, 5.74) is 0.502. The smallest absolute Gasteiger partial charge is 0.237 e. The Bertz CT molecular complexity index is 849. The predicted molar refractivity (Wildman–Crippen MR) is 116 cm³/mol. The molecular weight excluding hydrogens is 415 g/mol. The van der Waals surface area contributed by atoms with Crippen molar-refractivity contribution in [2.75, 3.05) is 5.32 Å². The molecule has 1 aliphatic carbocycles. The third kappa shape index (κ3) is 4.91. The minimum Gasteiger partial charge on any atom is -0.324 e. The van der Waals surface area contributed by atoms with Crippen molar-refractivity contribution in [3.63, 3.8) is 0 Å². The lowest BCUT2D eigenvalue weighted by atomic mass is 9.89. The summed E-state index contributed by atoms with van der Waals surface area (Å²) >= 11 is 13.6. The van der Waals surface area contributed by atoms with Gasteiger partial charge >= 0.3 is 0 Å². The zero-order valence-electron chi connectivity index (χ0n) is 15.8. The van der Waals surface area contributed by atoms with Gasteiger partial charge in [-0.2, -0.15) is 0 Å². The minimum atomic E-state index is -0.373. The minimum absolute atomic E-state index is 0.165. The van der Waals surface area contributed by atoms with Gasteiger partial charge in [-0.25, -0.2) is 0 Å². The van der Waals surface area contributed by atoms with Gasteiger partial charge in [0.2, 0.25) is 5.91 Å². The molecule has 1 atom stereocenters. The standard InChI is InChI=1S/C20H24Cl2N4OS/c1-3-12-26-18(14-8-5-4-6-9-14)24-25-20(26)28-13(2)19(27)23-16-11-7-10-15(21)17(16)22/h3,7,10-11,13-14H,1,4-6,8-9,12H2,2H3,(H,23,27). The maximum absolute atomic E-state index is 12.6. The van der Waals surface area contributed by atoms with Crippen molar-refractivity contribution in [3.05, 3.63) is 46.7 Å². The summed E-state index contributed by atoms with van der Waals surface area (Å²) in [6.07, 6.45) is 7.88. The summed E-state index contributed by atoms with van der Waals surface area (Å²) in [5.74, 6) is 1.28. The van der Waals surface area contributed by atoms with Gasteiger partial charge < -0.3 is 9.88 Å². The number of halogens is 2. The van der Waals surface area contributed by atoms with Crippen LogP contribution in [0.4, 0.5) is 5.69 Å². The lowest BCUT2D eigenvalue weighted by molar-refractivity contribution is -0.115. The first kappa shape index (κ1) is 21.2. The summed E-state index contributed by atoms with van der Waals surface area (Å²) in [6, 6.07) is 5.16. The summed E-state index contributed by atoms with van der Waals surface area (Å²) in [7, 11) is 0. The van der Waals surface area contributed by atoms with E-state index in [1.165, 1.54) is 31.0 Å². The van der Waals surface area contributed by atoms with Crippen LogP contribution in [0.25, 0.3) is 0 Å². The molecule has 0 spiro atoms. The number of carbonyl (C=O) groups excluding carboxylic acids is 1. The van der Waals surface area contributed by atoms with Crippen LogP contribution in [0.15, 0.2) is 36.0 Å². The molecule has 1 heterocycles. The molecular formula is C20H24Cl2N4OS. The fraction of sp³-hybridized carbons (Fsp3) is 0.450. The molecule has 1 N–H and O–H groups in total. The summed E-state index contributed by atoms with van der Waals surface area (Å²) in [5, 5.41) is 12.8. The summed E-state index contributed by atoms with van der Waals surface area (Å²) < 4.78 is 2.09. The van der Waals surface area contributed by atoms with Gasteiger partial charge in [0, 0.05) is 12.5 Å². The first-order valence-electron chi connectivity index (χ1n) is 9.46. The lowest BCUT2D eigenvalue weighted by Gasteiger charge is -2.21. The molecule has 2 aromatic rings. The van der Waals surface area contributed by atoms with Crippen molar-refractivity contribution < 1.29 is 4.79 Å². The van der Waals surface area contributed by atoms with Crippen LogP contribution in [-0.2, 0) is 11.3 Å². The second-order valence-electron chi connectivity index (χ2n) is 6.93. The first-order valence-corrected chi connectivity index (χ1v) is 11.1. The molecule has 0 aliphatic heterocycles. The number of aromatic nitrogens is 3. The van der Waals surface area contributed by atoms with Crippen LogP contribution in [0.2, 0.25) is 10.0 Å². The van der Waals surface area contributed by atoms with Crippen LogP contribution < -0.4 is 5.32 Å². The van der Waals surface area contributed by atoms with Gasteiger partial charge in [0.05, 0.1) is 21.0 Å². The van der Waals surface area contributed by atoms with E-state index >= 15 is 0 Å². The van der Waals surface area contributed by atoms with Crippen molar-refractivity contribution in [2.24, 2.45) is 0 Å². The van der Waals surface area contributed by atoms with Gasteiger partial charge in [-0.1, -0.05) is 66.4 Å². The van der Waals surface area contributed by atoms with Crippen LogP contribution in [0.1, 0.15) is 50.8 Å². The summed E-state index contributed by atoms with van der Waals surface area (Å²) in [4.78, 5) is 12.6. The van der Waals surface area contributed by atoms with E-state index in [1.807, 2.05) is 13.0 Å². The van der Waals surface area contributed by atoms with Gasteiger partial charge in [-0.3, -0.25) is 4.79 Å². The van der Waals surface area contributed by atoms with Crippen LogP contribution in [0, 0.1) is 0 Å². The number of carbonyl (C=O) groups is 1. The molecule has 5 nitrogen and oxygen atoms in total. The number of hydrogen-bond donors (Lipinski definition) is 1. The molecule has 1 fully saturated rings. The zero-order chi connectivity index (χ0) is 20.1. The second kappa shape index (κ2) is 9.81. The third-order valence-corrected chi connectivity index (χ3v) is 6.79. The molecule has 1 aliphatic rings. The van der Waals surface area contributed by atoms with Crippen molar-refractivity contribution in [2.45, 2.75) is 61.9 Å². The average molecular weight is 439 g/mol. The van der Waals surface area contributed by atoms with Crippen molar-refractivity contribution >= 4 is 46.6 Å². The average Bonchev–Trinajstić information content (AvgIpc) is 3.08. The molecule has 150 valence electrons. The highest BCUT2D eigenvalue weighted by atomic mass is 35.5. The van der Waals surface area contributed by atoms with E-state index in [0.29, 0.717) is 28.2 Å². The number of allylic oxidation sites excluding steroid dienone is 1. The predicted octanol–water partition coefficient (Wildman–Crippen LogP) is 5.94. The number of benzene rings is 1. The topological polar surface area (TPSA) is 59.8 Å². The molecule has 1 unspecified atom stereocenters. The highest BCUT2D eigenvalue weighted by Crippen LogP contribution is 2.34. The largest absolute Gasteiger partial charge is 0.324 e. The van der Waals surface area contributed by atoms with Gasteiger partial charge in [-0.15, -0.1) is 16.8 Å². The van der Waals surface area contributed by atoms with Crippen LogP contribution in [0.5, 0.6) is 0 Å². The number of nitrogens with zero attached hydrogens (tertiary/aromatic N) is 3. The number of nitrogens with one attached hydrogen (secondary N) is 1. The van der Waals surface area contributed by atoms with Crippen LogP contribution in [-0.4, -0.2) is 25.9 Å². The Morgan fingerprint density at radius 2 is 2.11 bits per heavy atom. The Balaban J connectivity index is 1.73. The number of anilines is 1. The van der Waals surface area contributed by atoms with E-state index in [0.717, 1.165) is 23.8 Å². The van der Waals surface area contributed by atoms with Gasteiger partial charge in [0.25, 0.3) is 0 Å². The van der Waals surface area contributed by atoms with Crippen molar-refractivity contribution in [1.29, 1.82) is 0 Å². The normalized spacial score (nSPS) is 16.0. The number of thioether (sulfide) groups is 1. The Hall–Kier alpha value is -1.50. The lowest BCUT2D eigenvalue weighted by Crippen LogP contribution is -2.23. The SMILES string of the molecule is C=CCn1c(SC(C)C(=O)Nc2cccc(Cl)c2Cl)nnc1C1CCCCC1. The Morgan fingerprint density at radius 1 is 1.36 bits per heavy atom. The second-order valence-corrected chi connectivity index (χ2v) is 9.02. The maximum atomic E-state index is 12.6. The van der Waals surface area contributed by atoms with Crippen molar-refractivity contribution in [3.8, 4) is 0 Å². The van der Waals surface area contributed by atoms with E-state index in [-0.39, 0.29) is 11.2 Å². The highest BCUT2D eigenvalue weighted by molar-refractivity contribution is 8.00. The number of amides is 1. The van der Waals surface area contributed by atoms with Crippen LogP contribution >= 0.6 is 35.0 Å². The Kier molecular flexibility index (Phi) is 7.43. The molecule has 0 radical (unpaired) electrons. The molecule has 8 heteroatoms. The fourth-order valence-corrected chi connectivity index (χ4v) is 4.61.